The Morgan fingerprint density at radius 2 is 1.12 bits per heavy atom. The van der Waals surface area contributed by atoms with Crippen LogP contribution in [0.25, 0.3) is 0 Å². The van der Waals surface area contributed by atoms with Gasteiger partial charge >= 0.3 is 94.8 Å². The maximum atomic E-state index is 8.56. The summed E-state index contributed by atoms with van der Waals surface area (Å²) in [5, 5.41) is 13.9. The van der Waals surface area contributed by atoms with Gasteiger partial charge in [0.05, 0.1) is 0 Å². The fraction of sp³-hybridized carbons (Fsp3) is 0. The van der Waals surface area contributed by atoms with Crippen LogP contribution in [0.4, 0.5) is 4.79 Å². The summed E-state index contributed by atoms with van der Waals surface area (Å²) < 4.78 is 0. The van der Waals surface area contributed by atoms with Crippen molar-refractivity contribution in [2.75, 3.05) is 0 Å². The van der Waals surface area contributed by atoms with Crippen LogP contribution < -0.4 is 88.7 Å². The molecule has 0 heterocycles. The smallest absolute Gasteiger partial charge is 1.00 e. The fourth-order valence-corrected chi connectivity index (χ4v) is 0. The molecule has 0 unspecified atom stereocenters. The Balaban J connectivity index is -0.00000000214. The summed E-state index contributed by atoms with van der Waals surface area (Å²) in [6.45, 7) is 0. The first-order valence-electron chi connectivity index (χ1n) is 0.651. The quantitative estimate of drug-likeness (QED) is 0.366. The van der Waals surface area contributed by atoms with Gasteiger partial charge in [0.1, 0.15) is 0 Å². The number of hydrogen-bond acceptors (Lipinski definition) is 1. The predicted molar refractivity (Wildman–Crippen MR) is 14.0 cm³/mol. The van der Waals surface area contributed by atoms with Crippen molar-refractivity contribution in [3.8, 4) is 0 Å². The molecule has 0 fully saturated rings. The minimum Gasteiger partial charge on any atom is -1.00 e. The molecule has 0 spiro atoms. The van der Waals surface area contributed by atoms with Crippen molar-refractivity contribution in [2.45, 2.75) is 0 Å². The molecule has 0 aromatic rings. The summed E-state index contributed by atoms with van der Waals surface area (Å²) in [6.07, 6.45) is -1.83. The zero-order valence-corrected chi connectivity index (χ0v) is 12.9. The van der Waals surface area contributed by atoms with E-state index in [2.05, 4.69) is 0 Å². The normalized spacial score (nSPS) is 3.00. The molecule has 0 rings (SSSR count). The van der Waals surface area contributed by atoms with Gasteiger partial charge in [0.15, 0.2) is 0 Å². The van der Waals surface area contributed by atoms with Gasteiger partial charge in [0.25, 0.3) is 0 Å². The summed E-state index contributed by atoms with van der Waals surface area (Å²) in [5.41, 5.74) is 0. The van der Waals surface area contributed by atoms with Gasteiger partial charge in [-0.25, -0.2) is 4.79 Å². The second kappa shape index (κ2) is 22.5. The van der Waals surface area contributed by atoms with Crippen LogP contribution in [0.15, 0.2) is 0 Å². The van der Waals surface area contributed by atoms with Gasteiger partial charge in [-0.05, 0) is 0 Å². The van der Waals surface area contributed by atoms with Crippen molar-refractivity contribution in [3.63, 3.8) is 0 Å². The van der Waals surface area contributed by atoms with Gasteiger partial charge < -0.3 is 14.5 Å². The average Bonchev–Trinajstić information content (AvgIpc) is 0.811. The maximum absolute atomic E-state index is 8.56. The maximum Gasteiger partial charge on any atom is 1.00 e. The average molecular weight is 182 g/mol. The van der Waals surface area contributed by atoms with Gasteiger partial charge in [0.2, 0.25) is 0 Å². The standard InChI is InChI=1S/CH2O3.3Na.Ti.3H/c2-1(3)4;;;;;;;/h(H2,2,3,4);;;;;;;/q;3*+1;;3*-1. The van der Waals surface area contributed by atoms with Gasteiger partial charge in [0, 0.05) is 21.7 Å². The van der Waals surface area contributed by atoms with Crippen LogP contribution in [0.1, 0.15) is 4.28 Å². The van der Waals surface area contributed by atoms with Crippen molar-refractivity contribution < 1.29 is 130 Å². The van der Waals surface area contributed by atoms with Gasteiger partial charge in [-0.15, -0.1) is 0 Å². The van der Waals surface area contributed by atoms with E-state index < -0.39 is 6.16 Å². The molecule has 8 heavy (non-hydrogen) atoms. The Kier molecular flexibility index (Phi) is 86.0. The summed E-state index contributed by atoms with van der Waals surface area (Å²) in [6, 6.07) is 0. The SMILES string of the molecule is O=C(O)O.[H-].[H-].[H-].[Na+].[Na+].[Na+].[Ti]. The third-order valence-corrected chi connectivity index (χ3v) is 0. The van der Waals surface area contributed by atoms with E-state index in [1.54, 1.807) is 0 Å². The number of carbonyl (C=O) groups is 1. The van der Waals surface area contributed by atoms with Gasteiger partial charge in [-0.1, -0.05) is 0 Å². The van der Waals surface area contributed by atoms with Crippen LogP contribution in [0.3, 0.4) is 0 Å². The zero-order chi connectivity index (χ0) is 3.58. The molecular weight excluding hydrogens is 177 g/mol. The topological polar surface area (TPSA) is 57.5 Å². The van der Waals surface area contributed by atoms with Crippen LogP contribution in [-0.4, -0.2) is 16.4 Å². The second-order valence-electron chi connectivity index (χ2n) is 0.283. The van der Waals surface area contributed by atoms with Crippen LogP contribution in [0, 0.1) is 0 Å². The first kappa shape index (κ1) is 30.6. The molecule has 34 valence electrons. The zero-order valence-electron chi connectivity index (χ0n) is 8.30. The van der Waals surface area contributed by atoms with Crippen molar-refractivity contribution in [3.05, 3.63) is 0 Å². The Morgan fingerprint density at radius 1 is 1.12 bits per heavy atom. The Hall–Kier alpha value is 2.98. The second-order valence-corrected chi connectivity index (χ2v) is 0.283. The van der Waals surface area contributed by atoms with E-state index in [-0.39, 0.29) is 115 Å². The molecule has 3 nitrogen and oxygen atoms in total. The minimum absolute atomic E-state index is 0. The number of rotatable bonds is 0. The van der Waals surface area contributed by atoms with Crippen molar-refractivity contribution in [1.82, 2.24) is 0 Å². The molecule has 0 amide bonds. The van der Waals surface area contributed by atoms with E-state index in [9.17, 15) is 0 Å². The fourth-order valence-electron chi connectivity index (χ4n) is 0. The van der Waals surface area contributed by atoms with Crippen LogP contribution in [0.5, 0.6) is 0 Å². The Bertz CT molecular complexity index is 46.8. The summed E-state index contributed by atoms with van der Waals surface area (Å²) in [5.74, 6) is 0. The summed E-state index contributed by atoms with van der Waals surface area (Å²) >= 11 is 0. The molecule has 0 aliphatic rings. The summed E-state index contributed by atoms with van der Waals surface area (Å²) in [7, 11) is 0. The van der Waals surface area contributed by atoms with Gasteiger partial charge in [-0.3, -0.25) is 0 Å². The Labute approximate surface area is 133 Å². The van der Waals surface area contributed by atoms with E-state index in [0.29, 0.717) is 0 Å². The predicted octanol–water partition coefficient (Wildman–Crippen LogP) is -8.43. The van der Waals surface area contributed by atoms with Crippen LogP contribution in [-0.2, 0) is 21.7 Å². The summed E-state index contributed by atoms with van der Waals surface area (Å²) in [4.78, 5) is 8.56. The largest absolute Gasteiger partial charge is 1.00 e. The van der Waals surface area contributed by atoms with Crippen LogP contribution >= 0.6 is 0 Å². The Morgan fingerprint density at radius 3 is 1.12 bits per heavy atom. The van der Waals surface area contributed by atoms with E-state index >= 15 is 0 Å². The molecule has 0 aromatic carbocycles. The van der Waals surface area contributed by atoms with E-state index in [4.69, 9.17) is 15.0 Å². The molecule has 0 aliphatic heterocycles. The molecule has 0 radical (unpaired) electrons. The van der Waals surface area contributed by atoms with Gasteiger partial charge in [-0.2, -0.15) is 0 Å². The van der Waals surface area contributed by atoms with E-state index in [1.807, 2.05) is 0 Å². The van der Waals surface area contributed by atoms with Crippen LogP contribution in [0.2, 0.25) is 0 Å². The first-order chi connectivity index (χ1) is 1.73. The molecule has 0 saturated carbocycles. The number of carboxylic acid groups (broad SMARTS) is 2. The van der Waals surface area contributed by atoms with Crippen molar-refractivity contribution in [1.29, 1.82) is 0 Å². The molecule has 0 aliphatic carbocycles. The third kappa shape index (κ3) is 64.3. The monoisotopic (exact) mass is 182 g/mol. The molecule has 0 atom stereocenters. The third-order valence-electron chi connectivity index (χ3n) is 0. The first-order valence-corrected chi connectivity index (χ1v) is 0.651. The molecule has 0 aromatic heterocycles. The number of hydrogen-bond donors (Lipinski definition) is 2. The van der Waals surface area contributed by atoms with Crippen molar-refractivity contribution >= 4 is 6.16 Å². The molecule has 7 heteroatoms. The van der Waals surface area contributed by atoms with Crippen molar-refractivity contribution in [2.24, 2.45) is 0 Å². The minimum atomic E-state index is -1.83. The van der Waals surface area contributed by atoms with E-state index in [1.165, 1.54) is 0 Å². The molecule has 0 saturated heterocycles. The molecule has 2 N–H and O–H groups in total. The van der Waals surface area contributed by atoms with E-state index in [0.717, 1.165) is 0 Å². The molecule has 0 bridgehead atoms. The molecular formula is CH5Na3O3Ti.